The van der Waals surface area contributed by atoms with E-state index in [4.69, 9.17) is 9.72 Å². The fourth-order valence-electron chi connectivity index (χ4n) is 5.32. The smallest absolute Gasteiger partial charge is 0.225 e. The van der Waals surface area contributed by atoms with Gasteiger partial charge in [0.05, 0.1) is 13.0 Å². The molecular weight excluding hydrogens is 441 g/mol. The molecule has 2 heterocycles. The summed E-state index contributed by atoms with van der Waals surface area (Å²) in [6, 6.07) is 11.0. The Morgan fingerprint density at radius 2 is 2.00 bits per heavy atom. The highest BCUT2D eigenvalue weighted by atomic mass is 19.1. The van der Waals surface area contributed by atoms with Crippen LogP contribution >= 0.6 is 0 Å². The maximum absolute atomic E-state index is 14.5. The van der Waals surface area contributed by atoms with Gasteiger partial charge in [0.1, 0.15) is 5.82 Å². The van der Waals surface area contributed by atoms with Crippen LogP contribution in [-0.2, 0) is 16.6 Å². The predicted octanol–water partition coefficient (Wildman–Crippen LogP) is 5.39. The molecule has 0 bridgehead atoms. The Kier molecular flexibility index (Phi) is 9.67. The van der Waals surface area contributed by atoms with Crippen LogP contribution in [0.4, 0.5) is 4.39 Å². The van der Waals surface area contributed by atoms with Gasteiger partial charge in [-0.2, -0.15) is 0 Å². The van der Waals surface area contributed by atoms with Crippen molar-refractivity contribution in [3.63, 3.8) is 0 Å². The number of halogens is 1. The molecule has 5 nitrogen and oxygen atoms in total. The summed E-state index contributed by atoms with van der Waals surface area (Å²) in [5.74, 6) is 0.945. The largest absolute Gasteiger partial charge is 0.481 e. The van der Waals surface area contributed by atoms with Crippen LogP contribution in [0.3, 0.4) is 0 Å². The Hall–Kier alpha value is -2.47. The van der Waals surface area contributed by atoms with Crippen molar-refractivity contribution in [3.8, 4) is 5.88 Å². The van der Waals surface area contributed by atoms with Crippen molar-refractivity contribution < 1.29 is 13.9 Å². The van der Waals surface area contributed by atoms with Gasteiger partial charge in [-0.3, -0.25) is 4.79 Å². The first kappa shape index (κ1) is 27.1. The van der Waals surface area contributed by atoms with Crippen molar-refractivity contribution in [1.82, 2.24) is 15.6 Å². The second-order valence-corrected chi connectivity index (χ2v) is 10.5. The van der Waals surface area contributed by atoms with E-state index in [1.807, 2.05) is 18.2 Å². The Morgan fingerprint density at radius 3 is 2.69 bits per heavy atom. The molecule has 35 heavy (non-hydrogen) atoms. The van der Waals surface area contributed by atoms with Crippen molar-refractivity contribution in [2.24, 2.45) is 11.8 Å². The van der Waals surface area contributed by atoms with E-state index >= 15 is 0 Å². The Labute approximate surface area is 210 Å². The lowest BCUT2D eigenvalue weighted by molar-refractivity contribution is -0.125. The predicted molar refractivity (Wildman–Crippen MR) is 139 cm³/mol. The van der Waals surface area contributed by atoms with E-state index in [0.717, 1.165) is 55.5 Å². The number of nitrogens with one attached hydrogen (secondary N) is 2. The zero-order chi connectivity index (χ0) is 25.4. The maximum atomic E-state index is 14.5. The first-order chi connectivity index (χ1) is 16.8. The number of carbonyl (C=O) groups is 1. The second-order valence-electron chi connectivity index (χ2n) is 10.5. The van der Waals surface area contributed by atoms with E-state index in [1.165, 1.54) is 6.07 Å². The number of amides is 1. The molecule has 2 aromatic rings. The molecule has 1 fully saturated rings. The number of hydrogen-bond donors (Lipinski definition) is 2. The molecule has 1 aliphatic rings. The van der Waals surface area contributed by atoms with Crippen molar-refractivity contribution in [1.29, 1.82) is 0 Å². The number of aromatic nitrogens is 1. The van der Waals surface area contributed by atoms with E-state index in [0.29, 0.717) is 24.9 Å². The van der Waals surface area contributed by atoms with Crippen molar-refractivity contribution in [2.75, 3.05) is 26.7 Å². The van der Waals surface area contributed by atoms with E-state index in [2.05, 4.69) is 44.4 Å². The summed E-state index contributed by atoms with van der Waals surface area (Å²) in [7, 11) is 1.63. The quantitative estimate of drug-likeness (QED) is 0.425. The van der Waals surface area contributed by atoms with Gasteiger partial charge >= 0.3 is 0 Å². The monoisotopic (exact) mass is 483 g/mol. The summed E-state index contributed by atoms with van der Waals surface area (Å²) in [5, 5.41) is 6.62. The Balaban J connectivity index is 1.71. The second kappa shape index (κ2) is 12.5. The van der Waals surface area contributed by atoms with Gasteiger partial charge < -0.3 is 15.4 Å². The van der Waals surface area contributed by atoms with E-state index in [-0.39, 0.29) is 29.0 Å². The van der Waals surface area contributed by atoms with Crippen LogP contribution < -0.4 is 15.4 Å². The molecule has 3 atom stereocenters. The van der Waals surface area contributed by atoms with Gasteiger partial charge in [-0.25, -0.2) is 9.37 Å². The molecular formula is C29H42FN3O2. The van der Waals surface area contributed by atoms with Crippen LogP contribution in [0.15, 0.2) is 36.4 Å². The van der Waals surface area contributed by atoms with Crippen LogP contribution in [0, 0.1) is 17.7 Å². The highest BCUT2D eigenvalue weighted by Crippen LogP contribution is 2.38. The van der Waals surface area contributed by atoms with Gasteiger partial charge in [0.25, 0.3) is 0 Å². The zero-order valence-corrected chi connectivity index (χ0v) is 22.0. The van der Waals surface area contributed by atoms with Crippen LogP contribution in [0.1, 0.15) is 76.1 Å². The van der Waals surface area contributed by atoms with Crippen LogP contribution in [0.2, 0.25) is 0 Å². The normalized spacial score (nSPS) is 20.7. The zero-order valence-electron chi connectivity index (χ0n) is 22.0. The average Bonchev–Trinajstić information content (AvgIpc) is 3.24. The lowest BCUT2D eigenvalue weighted by atomic mass is 9.72. The molecule has 1 aromatic heterocycles. The molecule has 1 amide bonds. The number of benzene rings is 1. The van der Waals surface area contributed by atoms with Gasteiger partial charge in [-0.05, 0) is 48.3 Å². The highest BCUT2D eigenvalue weighted by Gasteiger charge is 2.45. The molecule has 1 aliphatic heterocycles. The summed E-state index contributed by atoms with van der Waals surface area (Å²) in [5.41, 5.74) is 2.52. The molecule has 2 N–H and O–H groups in total. The van der Waals surface area contributed by atoms with Crippen molar-refractivity contribution >= 4 is 5.91 Å². The SMILES string of the molecule is CCCc1nc(OC)ccc1C1(C)CNCC1C(=O)NCCC(CCC(C)C)c1ccccc1F. The molecule has 1 aromatic carbocycles. The minimum absolute atomic E-state index is 0.0481. The van der Waals surface area contributed by atoms with E-state index in [9.17, 15) is 9.18 Å². The number of hydrogen-bond acceptors (Lipinski definition) is 4. The van der Waals surface area contributed by atoms with Crippen LogP contribution in [-0.4, -0.2) is 37.6 Å². The molecule has 192 valence electrons. The van der Waals surface area contributed by atoms with Gasteiger partial charge in [0.15, 0.2) is 0 Å². The van der Waals surface area contributed by atoms with Crippen molar-refractivity contribution in [2.45, 2.75) is 71.1 Å². The standard InChI is InChI=1S/C29H42FN3O2/c1-6-9-26-23(14-15-27(33-26)35-5)29(4)19-31-18-24(29)28(34)32-17-16-21(13-12-20(2)3)22-10-7-8-11-25(22)30/h7-8,10-11,14-15,20-21,24,31H,6,9,12-13,16-19H2,1-5H3,(H,32,34). The van der Waals surface area contributed by atoms with Gasteiger partial charge in [0, 0.05) is 36.8 Å². The third-order valence-corrected chi connectivity index (χ3v) is 7.42. The molecule has 3 rings (SSSR count). The van der Waals surface area contributed by atoms with Gasteiger partial charge in [-0.1, -0.05) is 64.8 Å². The number of methoxy groups -OCH3 is 1. The maximum Gasteiger partial charge on any atom is 0.225 e. The number of aryl methyl sites for hydroxylation is 1. The summed E-state index contributed by atoms with van der Waals surface area (Å²) in [4.78, 5) is 18.1. The summed E-state index contributed by atoms with van der Waals surface area (Å²) in [6.07, 6.45) is 4.48. The first-order valence-corrected chi connectivity index (χ1v) is 13.1. The summed E-state index contributed by atoms with van der Waals surface area (Å²) < 4.78 is 19.9. The number of carbonyl (C=O) groups excluding carboxylic acids is 1. The molecule has 3 unspecified atom stereocenters. The number of rotatable bonds is 12. The van der Waals surface area contributed by atoms with Crippen LogP contribution in [0.5, 0.6) is 5.88 Å². The number of nitrogens with zero attached hydrogens (tertiary/aromatic N) is 1. The topological polar surface area (TPSA) is 63.2 Å². The minimum atomic E-state index is -0.351. The first-order valence-electron chi connectivity index (χ1n) is 13.1. The third kappa shape index (κ3) is 6.60. The molecule has 0 saturated carbocycles. The number of ether oxygens (including phenoxy) is 1. The third-order valence-electron chi connectivity index (χ3n) is 7.42. The minimum Gasteiger partial charge on any atom is -0.481 e. The molecule has 0 spiro atoms. The summed E-state index contributed by atoms with van der Waals surface area (Å²) in [6.45, 7) is 10.6. The fraction of sp³-hybridized carbons (Fsp3) is 0.586. The Morgan fingerprint density at radius 1 is 1.23 bits per heavy atom. The Bertz CT molecular complexity index is 980. The average molecular weight is 484 g/mol. The van der Waals surface area contributed by atoms with Crippen LogP contribution in [0.25, 0.3) is 0 Å². The molecule has 0 aliphatic carbocycles. The highest BCUT2D eigenvalue weighted by molar-refractivity contribution is 5.81. The molecule has 6 heteroatoms. The number of pyridine rings is 1. The lowest BCUT2D eigenvalue weighted by Gasteiger charge is -2.32. The summed E-state index contributed by atoms with van der Waals surface area (Å²) >= 11 is 0. The van der Waals surface area contributed by atoms with Gasteiger partial charge in [0.2, 0.25) is 11.8 Å². The fourth-order valence-corrected chi connectivity index (χ4v) is 5.32. The van der Waals surface area contributed by atoms with E-state index in [1.54, 1.807) is 13.2 Å². The molecule has 1 saturated heterocycles. The van der Waals surface area contributed by atoms with Crippen molar-refractivity contribution in [3.05, 3.63) is 59.0 Å². The van der Waals surface area contributed by atoms with Gasteiger partial charge in [-0.15, -0.1) is 0 Å². The lowest BCUT2D eigenvalue weighted by Crippen LogP contribution is -2.43. The van der Waals surface area contributed by atoms with E-state index < -0.39 is 0 Å². The molecule has 0 radical (unpaired) electrons.